The molecule has 3 rings (SSSR count). The van der Waals surface area contributed by atoms with Gasteiger partial charge in [-0.15, -0.1) is 0 Å². The number of halogens is 1. The van der Waals surface area contributed by atoms with E-state index in [2.05, 4.69) is 10.3 Å². The van der Waals surface area contributed by atoms with Gasteiger partial charge in [0.1, 0.15) is 5.69 Å². The van der Waals surface area contributed by atoms with Gasteiger partial charge in [-0.3, -0.25) is 4.79 Å². The highest BCUT2D eigenvalue weighted by molar-refractivity contribution is 6.31. The van der Waals surface area contributed by atoms with Crippen molar-refractivity contribution in [2.24, 2.45) is 0 Å². The van der Waals surface area contributed by atoms with Crippen LogP contribution in [0.15, 0.2) is 42.5 Å². The predicted molar refractivity (Wildman–Crippen MR) is 90.4 cm³/mol. The molecule has 22 heavy (non-hydrogen) atoms. The maximum atomic E-state index is 12.4. The van der Waals surface area contributed by atoms with Crippen molar-refractivity contribution >= 4 is 28.4 Å². The van der Waals surface area contributed by atoms with E-state index in [1.54, 1.807) is 0 Å². The summed E-state index contributed by atoms with van der Waals surface area (Å²) in [6.07, 6.45) is 0. The Kier molecular flexibility index (Phi) is 3.90. The molecule has 3 nitrogen and oxygen atoms in total. The SMILES string of the molecule is Cc1ccc(CNC(=O)c2[nH]c3ccc(Cl)cc3c2C)cc1. The summed E-state index contributed by atoms with van der Waals surface area (Å²) in [6, 6.07) is 13.7. The molecule has 2 aromatic carbocycles. The molecule has 0 aliphatic heterocycles. The minimum atomic E-state index is -0.106. The highest BCUT2D eigenvalue weighted by Gasteiger charge is 2.14. The summed E-state index contributed by atoms with van der Waals surface area (Å²) in [7, 11) is 0. The Morgan fingerprint density at radius 3 is 2.59 bits per heavy atom. The summed E-state index contributed by atoms with van der Waals surface area (Å²) in [5, 5.41) is 4.60. The van der Waals surface area contributed by atoms with Crippen molar-refractivity contribution in [2.75, 3.05) is 0 Å². The average Bonchev–Trinajstić information content (AvgIpc) is 2.83. The van der Waals surface area contributed by atoms with E-state index in [9.17, 15) is 4.79 Å². The van der Waals surface area contributed by atoms with Crippen LogP contribution in [0.3, 0.4) is 0 Å². The molecule has 0 bridgehead atoms. The lowest BCUT2D eigenvalue weighted by Crippen LogP contribution is -2.23. The fraction of sp³-hybridized carbons (Fsp3) is 0.167. The van der Waals surface area contributed by atoms with Crippen molar-refractivity contribution in [3.8, 4) is 0 Å². The van der Waals surface area contributed by atoms with Gasteiger partial charge in [0.05, 0.1) is 0 Å². The summed E-state index contributed by atoms with van der Waals surface area (Å²) in [5.74, 6) is -0.106. The summed E-state index contributed by atoms with van der Waals surface area (Å²) < 4.78 is 0. The van der Waals surface area contributed by atoms with Crippen molar-refractivity contribution in [1.29, 1.82) is 0 Å². The van der Waals surface area contributed by atoms with Gasteiger partial charge >= 0.3 is 0 Å². The van der Waals surface area contributed by atoms with Crippen LogP contribution in [-0.4, -0.2) is 10.9 Å². The molecule has 0 aliphatic carbocycles. The lowest BCUT2D eigenvalue weighted by molar-refractivity contribution is 0.0946. The van der Waals surface area contributed by atoms with Crippen LogP contribution >= 0.6 is 11.6 Å². The molecule has 2 N–H and O–H groups in total. The van der Waals surface area contributed by atoms with Crippen molar-refractivity contribution in [3.05, 3.63) is 69.9 Å². The van der Waals surface area contributed by atoms with E-state index in [0.717, 1.165) is 22.0 Å². The van der Waals surface area contributed by atoms with Crippen LogP contribution in [-0.2, 0) is 6.54 Å². The van der Waals surface area contributed by atoms with Crippen LogP contribution in [0.5, 0.6) is 0 Å². The first-order chi connectivity index (χ1) is 10.5. The van der Waals surface area contributed by atoms with Gasteiger partial charge in [0.15, 0.2) is 0 Å². The maximum Gasteiger partial charge on any atom is 0.268 e. The molecule has 0 saturated heterocycles. The molecule has 0 radical (unpaired) electrons. The molecule has 4 heteroatoms. The van der Waals surface area contributed by atoms with Crippen LogP contribution in [0.1, 0.15) is 27.2 Å². The van der Waals surface area contributed by atoms with Crippen LogP contribution in [0, 0.1) is 13.8 Å². The Bertz CT molecular complexity index is 834. The average molecular weight is 313 g/mol. The highest BCUT2D eigenvalue weighted by atomic mass is 35.5. The Morgan fingerprint density at radius 2 is 1.86 bits per heavy atom. The smallest absolute Gasteiger partial charge is 0.268 e. The zero-order valence-corrected chi connectivity index (χ0v) is 13.3. The molecule has 0 aliphatic rings. The van der Waals surface area contributed by atoms with E-state index in [1.165, 1.54) is 5.56 Å². The Hall–Kier alpha value is -2.26. The van der Waals surface area contributed by atoms with Crippen LogP contribution in [0.4, 0.5) is 0 Å². The number of carbonyl (C=O) groups excluding carboxylic acids is 1. The minimum Gasteiger partial charge on any atom is -0.350 e. The topological polar surface area (TPSA) is 44.9 Å². The third-order valence-electron chi connectivity index (χ3n) is 3.82. The second kappa shape index (κ2) is 5.85. The van der Waals surface area contributed by atoms with Crippen LogP contribution in [0.25, 0.3) is 10.9 Å². The number of amides is 1. The first-order valence-electron chi connectivity index (χ1n) is 7.16. The number of rotatable bonds is 3. The summed E-state index contributed by atoms with van der Waals surface area (Å²) in [5.41, 5.74) is 4.71. The predicted octanol–water partition coefficient (Wildman–Crippen LogP) is 4.37. The van der Waals surface area contributed by atoms with Gasteiger partial charge < -0.3 is 10.3 Å². The van der Waals surface area contributed by atoms with Gasteiger partial charge in [-0.2, -0.15) is 0 Å². The fourth-order valence-electron chi connectivity index (χ4n) is 2.50. The van der Waals surface area contributed by atoms with Crippen molar-refractivity contribution in [3.63, 3.8) is 0 Å². The van der Waals surface area contributed by atoms with E-state index in [1.807, 2.05) is 56.3 Å². The Balaban J connectivity index is 1.80. The maximum absolute atomic E-state index is 12.4. The molecule has 1 heterocycles. The lowest BCUT2D eigenvalue weighted by Gasteiger charge is -2.05. The van der Waals surface area contributed by atoms with Crippen LogP contribution < -0.4 is 5.32 Å². The molecule has 112 valence electrons. The normalized spacial score (nSPS) is 10.9. The van der Waals surface area contributed by atoms with Crippen molar-refractivity contribution in [1.82, 2.24) is 10.3 Å². The molecule has 0 spiro atoms. The number of nitrogens with one attached hydrogen (secondary N) is 2. The number of benzene rings is 2. The molecule has 0 unspecified atom stereocenters. The zero-order valence-electron chi connectivity index (χ0n) is 12.5. The number of H-pyrrole nitrogens is 1. The Labute approximate surface area is 134 Å². The molecule has 1 amide bonds. The van der Waals surface area contributed by atoms with E-state index in [-0.39, 0.29) is 5.91 Å². The van der Waals surface area contributed by atoms with Crippen molar-refractivity contribution in [2.45, 2.75) is 20.4 Å². The van der Waals surface area contributed by atoms with Gasteiger partial charge in [0, 0.05) is 22.5 Å². The molecular weight excluding hydrogens is 296 g/mol. The quantitative estimate of drug-likeness (QED) is 0.741. The number of aryl methyl sites for hydroxylation is 2. The van der Waals surface area contributed by atoms with E-state index in [4.69, 9.17) is 11.6 Å². The van der Waals surface area contributed by atoms with Gasteiger partial charge in [0.2, 0.25) is 0 Å². The first kappa shape index (κ1) is 14.7. The number of carbonyl (C=O) groups is 1. The van der Waals surface area contributed by atoms with Gasteiger partial charge in [-0.05, 0) is 43.2 Å². The summed E-state index contributed by atoms with van der Waals surface area (Å²) in [4.78, 5) is 15.6. The Morgan fingerprint density at radius 1 is 1.14 bits per heavy atom. The highest BCUT2D eigenvalue weighted by Crippen LogP contribution is 2.24. The number of hydrogen-bond donors (Lipinski definition) is 2. The lowest BCUT2D eigenvalue weighted by atomic mass is 10.1. The molecule has 1 aromatic heterocycles. The number of aromatic amines is 1. The second-order valence-electron chi connectivity index (χ2n) is 5.48. The fourth-order valence-corrected chi connectivity index (χ4v) is 2.67. The second-order valence-corrected chi connectivity index (χ2v) is 5.92. The van der Waals surface area contributed by atoms with Gasteiger partial charge in [-0.1, -0.05) is 41.4 Å². The summed E-state index contributed by atoms with van der Waals surface area (Å²) >= 11 is 6.02. The summed E-state index contributed by atoms with van der Waals surface area (Å²) in [6.45, 7) is 4.48. The van der Waals surface area contributed by atoms with Crippen LogP contribution in [0.2, 0.25) is 5.02 Å². The van der Waals surface area contributed by atoms with E-state index in [0.29, 0.717) is 17.3 Å². The monoisotopic (exact) mass is 312 g/mol. The van der Waals surface area contributed by atoms with Gasteiger partial charge in [-0.25, -0.2) is 0 Å². The largest absolute Gasteiger partial charge is 0.350 e. The number of aromatic nitrogens is 1. The molecule has 0 fully saturated rings. The zero-order chi connectivity index (χ0) is 15.7. The van der Waals surface area contributed by atoms with E-state index < -0.39 is 0 Å². The number of hydrogen-bond acceptors (Lipinski definition) is 1. The standard InChI is InChI=1S/C18H17ClN2O/c1-11-3-5-13(6-4-11)10-20-18(22)17-12(2)15-9-14(19)7-8-16(15)21-17/h3-9,21H,10H2,1-2H3,(H,20,22). The molecular formula is C18H17ClN2O. The first-order valence-corrected chi connectivity index (χ1v) is 7.54. The molecule has 3 aromatic rings. The van der Waals surface area contributed by atoms with E-state index >= 15 is 0 Å². The molecule has 0 atom stereocenters. The third kappa shape index (κ3) is 2.85. The minimum absolute atomic E-state index is 0.106. The van der Waals surface area contributed by atoms with Crippen molar-refractivity contribution < 1.29 is 4.79 Å². The van der Waals surface area contributed by atoms with Gasteiger partial charge in [0.25, 0.3) is 5.91 Å². The third-order valence-corrected chi connectivity index (χ3v) is 4.06. The number of fused-ring (bicyclic) bond motifs is 1. The molecule has 0 saturated carbocycles.